The highest BCUT2D eigenvalue weighted by molar-refractivity contribution is 5.81. The lowest BCUT2D eigenvalue weighted by Crippen LogP contribution is -2.25. The van der Waals surface area contributed by atoms with Gasteiger partial charge in [-0.05, 0) is 68.7 Å². The van der Waals surface area contributed by atoms with Gasteiger partial charge in [0.15, 0.2) is 11.5 Å². The third-order valence-electron chi connectivity index (χ3n) is 5.08. The van der Waals surface area contributed by atoms with Gasteiger partial charge in [0.05, 0.1) is 6.21 Å². The minimum Gasteiger partial charge on any atom is -0.454 e. The molecule has 2 heterocycles. The number of ether oxygens (including phenoxy) is 2. The molecule has 0 amide bonds. The number of benzene rings is 2. The van der Waals surface area contributed by atoms with Crippen LogP contribution in [0.2, 0.25) is 0 Å². The number of fused-ring (bicyclic) bond motifs is 1. The van der Waals surface area contributed by atoms with Gasteiger partial charge in [-0.1, -0.05) is 12.1 Å². The van der Waals surface area contributed by atoms with Crippen LogP contribution in [0, 0.1) is 13.8 Å². The first-order valence-electron chi connectivity index (χ1n) is 10.6. The fraction of sp³-hybridized carbons (Fsp3) is 0.304. The fourth-order valence-corrected chi connectivity index (χ4v) is 3.27. The number of aromatic nitrogens is 3. The second-order valence-electron chi connectivity index (χ2n) is 7.38. The van der Waals surface area contributed by atoms with E-state index in [2.05, 4.69) is 74.7 Å². The molecule has 9 heteroatoms. The Labute approximate surface area is 187 Å². The van der Waals surface area contributed by atoms with Crippen LogP contribution in [-0.4, -0.2) is 41.0 Å². The molecule has 2 N–H and O–H groups in total. The molecule has 0 atom stereocenters. The third-order valence-corrected chi connectivity index (χ3v) is 5.08. The molecule has 32 heavy (non-hydrogen) atoms. The maximum absolute atomic E-state index is 5.41. The zero-order chi connectivity index (χ0) is 22.5. The van der Waals surface area contributed by atoms with E-state index in [9.17, 15) is 0 Å². The van der Waals surface area contributed by atoms with Crippen LogP contribution in [0.25, 0.3) is 0 Å². The highest BCUT2D eigenvalue weighted by atomic mass is 16.7. The van der Waals surface area contributed by atoms with Crippen molar-refractivity contribution in [2.45, 2.75) is 27.7 Å². The van der Waals surface area contributed by atoms with Gasteiger partial charge in [0.25, 0.3) is 0 Å². The Kier molecular flexibility index (Phi) is 6.34. The molecule has 0 fully saturated rings. The number of nitrogens with zero attached hydrogens (tertiary/aromatic N) is 5. The topological polar surface area (TPSA) is 96.8 Å². The largest absolute Gasteiger partial charge is 0.454 e. The maximum atomic E-state index is 5.41. The Morgan fingerprint density at radius 3 is 2.56 bits per heavy atom. The Balaban J connectivity index is 1.58. The summed E-state index contributed by atoms with van der Waals surface area (Å²) in [5.41, 5.74) is 7.01. The summed E-state index contributed by atoms with van der Waals surface area (Å²) in [4.78, 5) is 15.7. The van der Waals surface area contributed by atoms with Crippen molar-refractivity contribution in [3.8, 4) is 11.5 Å². The van der Waals surface area contributed by atoms with E-state index < -0.39 is 0 Å². The average Bonchev–Trinajstić information content (AvgIpc) is 3.25. The van der Waals surface area contributed by atoms with Gasteiger partial charge in [0, 0.05) is 18.8 Å². The quantitative estimate of drug-likeness (QED) is 0.402. The monoisotopic (exact) mass is 433 g/mol. The second-order valence-corrected chi connectivity index (χ2v) is 7.38. The van der Waals surface area contributed by atoms with Crippen molar-refractivity contribution in [2.75, 3.05) is 35.5 Å². The lowest BCUT2D eigenvalue weighted by Gasteiger charge is -2.19. The molecule has 0 saturated heterocycles. The SMILES string of the molecule is CCN(CC)c1nc(NN=Cc2ccc3c(c2)OCO3)nc(Nc2cc(C)ccc2C)n1. The summed E-state index contributed by atoms with van der Waals surface area (Å²) in [6, 6.07) is 11.8. The molecule has 9 nitrogen and oxygen atoms in total. The van der Waals surface area contributed by atoms with Crippen LogP contribution in [-0.2, 0) is 0 Å². The van der Waals surface area contributed by atoms with Crippen LogP contribution in [0.15, 0.2) is 41.5 Å². The van der Waals surface area contributed by atoms with Crippen molar-refractivity contribution in [1.29, 1.82) is 0 Å². The second kappa shape index (κ2) is 9.51. The van der Waals surface area contributed by atoms with Crippen molar-refractivity contribution in [3.05, 3.63) is 53.1 Å². The normalized spacial score (nSPS) is 12.2. The molecule has 0 bridgehead atoms. The molecule has 0 aliphatic carbocycles. The minimum absolute atomic E-state index is 0.239. The zero-order valence-corrected chi connectivity index (χ0v) is 18.7. The summed E-state index contributed by atoms with van der Waals surface area (Å²) in [5, 5.41) is 7.62. The lowest BCUT2D eigenvalue weighted by atomic mass is 10.1. The summed E-state index contributed by atoms with van der Waals surface area (Å²) >= 11 is 0. The van der Waals surface area contributed by atoms with E-state index in [0.29, 0.717) is 23.6 Å². The van der Waals surface area contributed by atoms with Crippen LogP contribution in [0.5, 0.6) is 11.5 Å². The van der Waals surface area contributed by atoms with Gasteiger partial charge in [-0.25, -0.2) is 5.43 Å². The first-order chi connectivity index (χ1) is 15.6. The van der Waals surface area contributed by atoms with E-state index in [4.69, 9.17) is 9.47 Å². The van der Waals surface area contributed by atoms with Crippen LogP contribution >= 0.6 is 0 Å². The van der Waals surface area contributed by atoms with E-state index in [-0.39, 0.29) is 6.79 Å². The maximum Gasteiger partial charge on any atom is 0.250 e. The van der Waals surface area contributed by atoms with Crippen LogP contribution in [0.3, 0.4) is 0 Å². The van der Waals surface area contributed by atoms with Gasteiger partial charge in [-0.3, -0.25) is 0 Å². The van der Waals surface area contributed by atoms with Gasteiger partial charge in [0.2, 0.25) is 24.6 Å². The standard InChI is InChI=1S/C23H27N7O2/c1-5-30(6-2)23-27-21(25-18-11-15(3)7-8-16(18)4)26-22(28-23)29-24-13-17-9-10-19-20(12-17)32-14-31-19/h7-13H,5-6,14H2,1-4H3,(H2,25,26,27,28,29). The molecule has 0 spiro atoms. The lowest BCUT2D eigenvalue weighted by molar-refractivity contribution is 0.174. The number of anilines is 4. The van der Waals surface area contributed by atoms with E-state index >= 15 is 0 Å². The van der Waals surface area contributed by atoms with E-state index in [1.165, 1.54) is 0 Å². The van der Waals surface area contributed by atoms with Crippen LogP contribution in [0.4, 0.5) is 23.5 Å². The molecule has 2 aromatic carbocycles. The van der Waals surface area contributed by atoms with E-state index in [1.807, 2.05) is 25.1 Å². The first-order valence-corrected chi connectivity index (χ1v) is 10.6. The molecule has 4 rings (SSSR count). The molecule has 1 aromatic heterocycles. The third kappa shape index (κ3) is 4.88. The molecular formula is C23H27N7O2. The Hall–Kier alpha value is -3.88. The van der Waals surface area contributed by atoms with Crippen molar-refractivity contribution in [1.82, 2.24) is 15.0 Å². The van der Waals surface area contributed by atoms with Gasteiger partial charge >= 0.3 is 0 Å². The van der Waals surface area contributed by atoms with Gasteiger partial charge in [-0.15, -0.1) is 0 Å². The smallest absolute Gasteiger partial charge is 0.250 e. The molecular weight excluding hydrogens is 406 g/mol. The molecule has 166 valence electrons. The number of hydrazone groups is 1. The number of hydrogen-bond donors (Lipinski definition) is 2. The summed E-state index contributed by atoms with van der Waals surface area (Å²) in [5.74, 6) is 2.83. The van der Waals surface area contributed by atoms with Crippen molar-refractivity contribution in [3.63, 3.8) is 0 Å². The first kappa shape index (κ1) is 21.4. The predicted molar refractivity (Wildman–Crippen MR) is 126 cm³/mol. The van der Waals surface area contributed by atoms with Crippen molar-refractivity contribution >= 4 is 29.7 Å². The van der Waals surface area contributed by atoms with Crippen LogP contribution in [0.1, 0.15) is 30.5 Å². The van der Waals surface area contributed by atoms with Gasteiger partial charge < -0.3 is 19.7 Å². The van der Waals surface area contributed by atoms with Crippen molar-refractivity contribution in [2.24, 2.45) is 5.10 Å². The Morgan fingerprint density at radius 1 is 0.969 bits per heavy atom. The summed E-state index contributed by atoms with van der Waals surface area (Å²) in [7, 11) is 0. The Bertz CT molecular complexity index is 1130. The molecule has 0 unspecified atom stereocenters. The fourth-order valence-electron chi connectivity index (χ4n) is 3.27. The average molecular weight is 434 g/mol. The number of aryl methyl sites for hydroxylation is 2. The van der Waals surface area contributed by atoms with E-state index in [1.54, 1.807) is 6.21 Å². The van der Waals surface area contributed by atoms with Crippen LogP contribution < -0.4 is 25.1 Å². The van der Waals surface area contributed by atoms with Gasteiger partial charge in [-0.2, -0.15) is 20.1 Å². The highest BCUT2D eigenvalue weighted by Gasteiger charge is 2.14. The van der Waals surface area contributed by atoms with Gasteiger partial charge in [0.1, 0.15) is 0 Å². The molecule has 1 aliphatic rings. The summed E-state index contributed by atoms with van der Waals surface area (Å²) < 4.78 is 10.8. The zero-order valence-electron chi connectivity index (χ0n) is 18.7. The summed E-state index contributed by atoms with van der Waals surface area (Å²) in [6.45, 7) is 10.0. The minimum atomic E-state index is 0.239. The number of rotatable bonds is 8. The number of nitrogens with one attached hydrogen (secondary N) is 2. The predicted octanol–water partition coefficient (Wildman–Crippen LogP) is 4.25. The Morgan fingerprint density at radius 2 is 1.75 bits per heavy atom. The summed E-state index contributed by atoms with van der Waals surface area (Å²) in [6.07, 6.45) is 1.68. The molecule has 0 radical (unpaired) electrons. The highest BCUT2D eigenvalue weighted by Crippen LogP contribution is 2.32. The van der Waals surface area contributed by atoms with Crippen molar-refractivity contribution < 1.29 is 9.47 Å². The number of hydrogen-bond acceptors (Lipinski definition) is 9. The molecule has 1 aliphatic heterocycles. The molecule has 0 saturated carbocycles. The molecule has 3 aromatic rings. The van der Waals surface area contributed by atoms with E-state index in [0.717, 1.165) is 41.2 Å².